The van der Waals surface area contributed by atoms with E-state index in [0.717, 1.165) is 32.5 Å². The number of aromatic nitrogens is 2. The Kier molecular flexibility index (Phi) is 9.25. The summed E-state index contributed by atoms with van der Waals surface area (Å²) in [6.07, 6.45) is 6.35. The van der Waals surface area contributed by atoms with Gasteiger partial charge in [0.1, 0.15) is 17.6 Å². The molecule has 2 amide bonds. The molecule has 11 nitrogen and oxygen atoms in total. The van der Waals surface area contributed by atoms with E-state index in [1.165, 1.54) is 31.7 Å². The van der Waals surface area contributed by atoms with Crippen molar-refractivity contribution in [3.05, 3.63) is 53.7 Å². The van der Waals surface area contributed by atoms with Crippen LogP contribution in [0.25, 0.3) is 11.4 Å². The lowest BCUT2D eigenvalue weighted by Crippen LogP contribution is -2.54. The fourth-order valence-corrected chi connectivity index (χ4v) is 6.00. The van der Waals surface area contributed by atoms with Crippen LogP contribution in [-0.2, 0) is 11.2 Å². The summed E-state index contributed by atoms with van der Waals surface area (Å²) in [6, 6.07) is 9.01. The summed E-state index contributed by atoms with van der Waals surface area (Å²) >= 11 is 0. The summed E-state index contributed by atoms with van der Waals surface area (Å²) < 4.78 is 36.6. The normalized spacial score (nSPS) is 17.5. The van der Waals surface area contributed by atoms with Crippen LogP contribution in [0.5, 0.6) is 17.2 Å². The largest absolute Gasteiger partial charge is 0.493 e. The van der Waals surface area contributed by atoms with E-state index >= 15 is 0 Å². The molecule has 2 aromatic carbocycles. The standard InChI is InChI=1S/C32H38FN5O6/c1-21(34-31(39)23-7-10-27-28(18-23)43-20-42-27)32(40)38-14-12-37(13-15-38)11-4-16-41-24-8-9-25(26(33)19-24)30-35-29(44-36-30)17-22-5-2-3-6-22/h7-10,18-19,21-22H,2-6,11-17,20H2,1H3,(H,34,39)/t21-/m1/s1. The molecule has 1 saturated heterocycles. The van der Waals surface area contributed by atoms with Crippen molar-refractivity contribution in [1.29, 1.82) is 0 Å². The number of hydrogen-bond donors (Lipinski definition) is 1. The SMILES string of the molecule is C[C@@H](NC(=O)c1ccc2c(c1)OCO2)C(=O)N1CCN(CCCOc2ccc(-c3noc(CC4CCCC4)n3)c(F)c2)CC1. The summed E-state index contributed by atoms with van der Waals surface area (Å²) in [5.41, 5.74) is 0.711. The van der Waals surface area contributed by atoms with Crippen LogP contribution >= 0.6 is 0 Å². The van der Waals surface area contributed by atoms with Gasteiger partial charge in [-0.2, -0.15) is 4.98 Å². The fourth-order valence-electron chi connectivity index (χ4n) is 6.00. The van der Waals surface area contributed by atoms with Crippen molar-refractivity contribution in [2.24, 2.45) is 5.92 Å². The molecule has 1 atom stereocenters. The highest BCUT2D eigenvalue weighted by Gasteiger charge is 2.27. The molecule has 2 fully saturated rings. The first-order chi connectivity index (χ1) is 21.4. The molecule has 3 aromatic rings. The van der Waals surface area contributed by atoms with E-state index in [1.54, 1.807) is 42.2 Å². The number of amides is 2. The van der Waals surface area contributed by atoms with Crippen molar-refractivity contribution in [2.45, 2.75) is 51.5 Å². The van der Waals surface area contributed by atoms with Crippen LogP contribution in [0.2, 0.25) is 0 Å². The maximum atomic E-state index is 14.8. The van der Waals surface area contributed by atoms with Crippen LogP contribution in [0.4, 0.5) is 4.39 Å². The Morgan fingerprint density at radius 1 is 1.07 bits per heavy atom. The first-order valence-corrected chi connectivity index (χ1v) is 15.4. The molecule has 1 N–H and O–H groups in total. The molecule has 0 bridgehead atoms. The Bertz CT molecular complexity index is 1470. The maximum Gasteiger partial charge on any atom is 0.252 e. The number of nitrogens with zero attached hydrogens (tertiary/aromatic N) is 4. The number of piperazine rings is 1. The highest BCUT2D eigenvalue weighted by atomic mass is 19.1. The Hall–Kier alpha value is -4.19. The number of halogens is 1. The number of rotatable bonds is 11. The Morgan fingerprint density at radius 2 is 1.86 bits per heavy atom. The smallest absolute Gasteiger partial charge is 0.252 e. The lowest BCUT2D eigenvalue weighted by molar-refractivity contribution is -0.134. The number of ether oxygens (including phenoxy) is 3. The minimum atomic E-state index is -0.654. The average molecular weight is 608 g/mol. The van der Waals surface area contributed by atoms with Gasteiger partial charge in [-0.05, 0) is 62.4 Å². The Morgan fingerprint density at radius 3 is 2.66 bits per heavy atom. The predicted octanol–water partition coefficient (Wildman–Crippen LogP) is 4.07. The third-order valence-electron chi connectivity index (χ3n) is 8.51. The highest BCUT2D eigenvalue weighted by Crippen LogP contribution is 2.32. The van der Waals surface area contributed by atoms with Gasteiger partial charge in [0, 0.05) is 50.8 Å². The third kappa shape index (κ3) is 7.12. The topological polar surface area (TPSA) is 119 Å². The Balaban J connectivity index is 0.893. The Labute approximate surface area is 255 Å². The van der Waals surface area contributed by atoms with Crippen LogP contribution < -0.4 is 19.5 Å². The minimum absolute atomic E-state index is 0.113. The van der Waals surface area contributed by atoms with Gasteiger partial charge in [-0.3, -0.25) is 14.5 Å². The molecule has 6 rings (SSSR count). The van der Waals surface area contributed by atoms with E-state index in [1.807, 2.05) is 0 Å². The van der Waals surface area contributed by atoms with Gasteiger partial charge in [-0.1, -0.05) is 18.0 Å². The molecule has 44 heavy (non-hydrogen) atoms. The van der Waals surface area contributed by atoms with Gasteiger partial charge < -0.3 is 29.0 Å². The van der Waals surface area contributed by atoms with Crippen LogP contribution in [-0.4, -0.2) is 83.9 Å². The van der Waals surface area contributed by atoms with Crippen molar-refractivity contribution < 1.29 is 32.7 Å². The molecule has 2 aliphatic heterocycles. The molecule has 0 spiro atoms. The van der Waals surface area contributed by atoms with E-state index < -0.39 is 11.9 Å². The number of hydrogen-bond acceptors (Lipinski definition) is 9. The van der Waals surface area contributed by atoms with Gasteiger partial charge in [0.2, 0.25) is 24.4 Å². The van der Waals surface area contributed by atoms with E-state index in [-0.39, 0.29) is 24.4 Å². The van der Waals surface area contributed by atoms with Crippen molar-refractivity contribution in [2.75, 3.05) is 46.1 Å². The quantitative estimate of drug-likeness (QED) is 0.322. The second-order valence-electron chi connectivity index (χ2n) is 11.6. The third-order valence-corrected chi connectivity index (χ3v) is 8.51. The van der Waals surface area contributed by atoms with Gasteiger partial charge in [-0.15, -0.1) is 0 Å². The number of benzene rings is 2. The molecule has 3 aliphatic rings. The lowest BCUT2D eigenvalue weighted by Gasteiger charge is -2.36. The van der Waals surface area contributed by atoms with Crippen LogP contribution in [0.3, 0.4) is 0 Å². The van der Waals surface area contributed by atoms with Crippen molar-refractivity contribution in [1.82, 2.24) is 25.3 Å². The molecule has 1 aromatic heterocycles. The molecule has 0 unspecified atom stereocenters. The van der Waals surface area contributed by atoms with Crippen molar-refractivity contribution in [3.63, 3.8) is 0 Å². The molecule has 12 heteroatoms. The lowest BCUT2D eigenvalue weighted by atomic mass is 10.0. The maximum absolute atomic E-state index is 14.8. The minimum Gasteiger partial charge on any atom is -0.493 e. The molecular formula is C32H38FN5O6. The summed E-state index contributed by atoms with van der Waals surface area (Å²) in [4.78, 5) is 34.1. The zero-order valence-electron chi connectivity index (χ0n) is 24.9. The first-order valence-electron chi connectivity index (χ1n) is 15.4. The van der Waals surface area contributed by atoms with Gasteiger partial charge in [0.15, 0.2) is 11.5 Å². The second kappa shape index (κ2) is 13.6. The van der Waals surface area contributed by atoms with Crippen molar-refractivity contribution >= 4 is 11.8 Å². The molecular weight excluding hydrogens is 569 g/mol. The number of nitrogens with one attached hydrogen (secondary N) is 1. The van der Waals surface area contributed by atoms with E-state index in [2.05, 4.69) is 20.4 Å². The number of carbonyl (C=O) groups excluding carboxylic acids is 2. The van der Waals surface area contributed by atoms with E-state index in [4.69, 9.17) is 18.7 Å². The molecule has 1 aliphatic carbocycles. The van der Waals surface area contributed by atoms with E-state index in [9.17, 15) is 14.0 Å². The van der Waals surface area contributed by atoms with E-state index in [0.29, 0.717) is 59.9 Å². The van der Waals surface area contributed by atoms with Crippen LogP contribution in [0, 0.1) is 11.7 Å². The summed E-state index contributed by atoms with van der Waals surface area (Å²) in [5, 5.41) is 6.77. The summed E-state index contributed by atoms with van der Waals surface area (Å²) in [6.45, 7) is 5.68. The van der Waals surface area contributed by atoms with Crippen molar-refractivity contribution in [3.8, 4) is 28.6 Å². The zero-order valence-corrected chi connectivity index (χ0v) is 24.9. The van der Waals surface area contributed by atoms with Gasteiger partial charge >= 0.3 is 0 Å². The zero-order chi connectivity index (χ0) is 30.5. The second-order valence-corrected chi connectivity index (χ2v) is 11.6. The van der Waals surface area contributed by atoms with Crippen LogP contribution in [0.15, 0.2) is 40.9 Å². The molecule has 3 heterocycles. The number of carbonyl (C=O) groups is 2. The summed E-state index contributed by atoms with van der Waals surface area (Å²) in [7, 11) is 0. The first kappa shape index (κ1) is 29.9. The fraction of sp³-hybridized carbons (Fsp3) is 0.500. The predicted molar refractivity (Wildman–Crippen MR) is 158 cm³/mol. The van der Waals surface area contributed by atoms with Crippen LogP contribution in [0.1, 0.15) is 55.3 Å². The van der Waals surface area contributed by atoms with Gasteiger partial charge in [-0.25, -0.2) is 4.39 Å². The monoisotopic (exact) mass is 607 g/mol. The van der Waals surface area contributed by atoms with Gasteiger partial charge in [0.25, 0.3) is 5.91 Å². The molecule has 234 valence electrons. The summed E-state index contributed by atoms with van der Waals surface area (Å²) in [5.74, 6) is 2.08. The molecule has 0 radical (unpaired) electrons. The van der Waals surface area contributed by atoms with Gasteiger partial charge in [0.05, 0.1) is 12.2 Å². The average Bonchev–Trinajstić information content (AvgIpc) is 3.82. The highest BCUT2D eigenvalue weighted by molar-refractivity contribution is 5.98. The number of fused-ring (bicyclic) bond motifs is 1. The molecule has 1 saturated carbocycles.